The highest BCUT2D eigenvalue weighted by molar-refractivity contribution is 7.89. The molecule has 1 aliphatic heterocycles. The SMILES string of the molecule is COc1cc(C)c(C)cc1S(=O)(=O)N1CCCN(S(=O)(=O)c2cc(C)c(C)cc2OC)CC1. The quantitative estimate of drug-likeness (QED) is 0.610. The van der Waals surface area contributed by atoms with Crippen LogP contribution in [0.1, 0.15) is 28.7 Å². The molecule has 3 rings (SSSR count). The van der Waals surface area contributed by atoms with Gasteiger partial charge >= 0.3 is 0 Å². The first-order valence-corrected chi connectivity index (χ1v) is 13.6. The van der Waals surface area contributed by atoms with Crippen molar-refractivity contribution in [2.45, 2.75) is 43.9 Å². The zero-order chi connectivity index (χ0) is 24.6. The molecule has 1 saturated heterocycles. The van der Waals surface area contributed by atoms with Crippen LogP contribution in [0.15, 0.2) is 34.1 Å². The van der Waals surface area contributed by atoms with Crippen molar-refractivity contribution in [3.8, 4) is 11.5 Å². The fourth-order valence-corrected chi connectivity index (χ4v) is 7.26. The zero-order valence-corrected chi connectivity index (χ0v) is 21.6. The van der Waals surface area contributed by atoms with Crippen LogP contribution in [0.2, 0.25) is 0 Å². The third-order valence-electron chi connectivity index (χ3n) is 6.21. The molecule has 1 heterocycles. The molecule has 2 aromatic carbocycles. The van der Waals surface area contributed by atoms with E-state index in [1.165, 1.54) is 22.8 Å². The van der Waals surface area contributed by atoms with Gasteiger partial charge in [-0.25, -0.2) is 16.8 Å². The highest BCUT2D eigenvalue weighted by Crippen LogP contribution is 2.32. The van der Waals surface area contributed by atoms with Gasteiger partial charge in [0.2, 0.25) is 20.0 Å². The summed E-state index contributed by atoms with van der Waals surface area (Å²) in [4.78, 5) is 0.195. The summed E-state index contributed by atoms with van der Waals surface area (Å²) in [6.45, 7) is 8.01. The number of rotatable bonds is 6. The highest BCUT2D eigenvalue weighted by Gasteiger charge is 2.34. The molecule has 10 heteroatoms. The van der Waals surface area contributed by atoms with E-state index in [0.717, 1.165) is 22.3 Å². The fourth-order valence-electron chi connectivity index (χ4n) is 3.88. The van der Waals surface area contributed by atoms with Crippen LogP contribution in [0.5, 0.6) is 11.5 Å². The molecule has 182 valence electrons. The second kappa shape index (κ2) is 9.61. The number of benzene rings is 2. The van der Waals surface area contributed by atoms with Crippen molar-refractivity contribution >= 4 is 20.0 Å². The molecular formula is C23H32N2O6S2. The molecule has 1 aliphatic rings. The topological polar surface area (TPSA) is 93.2 Å². The summed E-state index contributed by atoms with van der Waals surface area (Å²) in [7, 11) is -4.85. The number of methoxy groups -OCH3 is 2. The molecule has 1 fully saturated rings. The second-order valence-electron chi connectivity index (χ2n) is 8.34. The van der Waals surface area contributed by atoms with E-state index in [9.17, 15) is 16.8 Å². The minimum absolute atomic E-state index is 0.0464. The van der Waals surface area contributed by atoms with Crippen molar-refractivity contribution in [3.63, 3.8) is 0 Å². The average molecular weight is 497 g/mol. The van der Waals surface area contributed by atoms with Crippen LogP contribution >= 0.6 is 0 Å². The average Bonchev–Trinajstić information content (AvgIpc) is 3.04. The first kappa shape index (κ1) is 25.5. The Morgan fingerprint density at radius 2 is 0.939 bits per heavy atom. The van der Waals surface area contributed by atoms with E-state index >= 15 is 0 Å². The highest BCUT2D eigenvalue weighted by atomic mass is 32.2. The van der Waals surface area contributed by atoms with Crippen molar-refractivity contribution in [2.24, 2.45) is 0 Å². The van der Waals surface area contributed by atoms with Gasteiger partial charge in [-0.3, -0.25) is 0 Å². The van der Waals surface area contributed by atoms with Gasteiger partial charge in [0.1, 0.15) is 21.3 Å². The van der Waals surface area contributed by atoms with Gasteiger partial charge in [0.05, 0.1) is 14.2 Å². The zero-order valence-electron chi connectivity index (χ0n) is 20.0. The Hall–Kier alpha value is -2.14. The standard InChI is InChI=1S/C23H32N2O6S2/c1-16-12-20(30-5)22(14-18(16)3)32(26,27)24-8-7-9-25(11-10-24)33(28,29)23-15-19(4)17(2)13-21(23)31-6/h12-15H,7-11H2,1-6H3. The Balaban J connectivity index is 1.91. The predicted octanol–water partition coefficient (Wildman–Crippen LogP) is 3.02. The first-order valence-electron chi connectivity index (χ1n) is 10.7. The number of sulfonamides is 2. The molecule has 0 aromatic heterocycles. The first-order chi connectivity index (χ1) is 15.4. The fraction of sp³-hybridized carbons (Fsp3) is 0.478. The number of hydrogen-bond donors (Lipinski definition) is 0. The molecule has 0 spiro atoms. The van der Waals surface area contributed by atoms with Crippen molar-refractivity contribution in [3.05, 3.63) is 46.5 Å². The Morgan fingerprint density at radius 3 is 1.27 bits per heavy atom. The Kier molecular flexibility index (Phi) is 7.42. The van der Waals surface area contributed by atoms with E-state index < -0.39 is 20.0 Å². The molecule has 0 aliphatic carbocycles. The number of aryl methyl sites for hydroxylation is 4. The molecule has 33 heavy (non-hydrogen) atoms. The Morgan fingerprint density at radius 1 is 0.606 bits per heavy atom. The second-order valence-corrected chi connectivity index (χ2v) is 12.1. The lowest BCUT2D eigenvalue weighted by molar-refractivity contribution is 0.383. The molecule has 0 atom stereocenters. The van der Waals surface area contributed by atoms with Crippen LogP contribution in [0, 0.1) is 27.7 Å². The van der Waals surface area contributed by atoms with Gasteiger partial charge in [-0.2, -0.15) is 8.61 Å². The van der Waals surface area contributed by atoms with Gasteiger partial charge in [-0.15, -0.1) is 0 Å². The number of nitrogens with zero attached hydrogens (tertiary/aromatic N) is 2. The molecule has 8 nitrogen and oxygen atoms in total. The molecule has 0 bridgehead atoms. The van der Waals surface area contributed by atoms with Crippen LogP contribution in [-0.2, 0) is 20.0 Å². The molecule has 0 N–H and O–H groups in total. The summed E-state index contributed by atoms with van der Waals surface area (Å²) < 4.78 is 67.2. The lowest BCUT2D eigenvalue weighted by Crippen LogP contribution is -2.37. The maximum Gasteiger partial charge on any atom is 0.246 e. The van der Waals surface area contributed by atoms with Gasteiger partial charge in [-0.1, -0.05) is 0 Å². The van der Waals surface area contributed by atoms with Gasteiger partial charge in [0, 0.05) is 26.2 Å². The number of ether oxygens (including phenoxy) is 2. The van der Waals surface area contributed by atoms with Crippen LogP contribution in [0.25, 0.3) is 0 Å². The van der Waals surface area contributed by atoms with E-state index in [-0.39, 0.29) is 47.5 Å². The van der Waals surface area contributed by atoms with E-state index in [4.69, 9.17) is 9.47 Å². The van der Waals surface area contributed by atoms with E-state index in [1.54, 1.807) is 24.3 Å². The Labute approximate surface area is 197 Å². The summed E-state index contributed by atoms with van der Waals surface area (Å²) in [6.07, 6.45) is 0.374. The summed E-state index contributed by atoms with van der Waals surface area (Å²) >= 11 is 0. The summed E-state index contributed by atoms with van der Waals surface area (Å²) in [5, 5.41) is 0. The summed E-state index contributed by atoms with van der Waals surface area (Å²) in [5.41, 5.74) is 3.55. The van der Waals surface area contributed by atoms with E-state index in [2.05, 4.69) is 0 Å². The molecule has 0 unspecified atom stereocenters. The molecule has 0 saturated carbocycles. The molecule has 0 radical (unpaired) electrons. The van der Waals surface area contributed by atoms with Crippen molar-refractivity contribution in [1.29, 1.82) is 0 Å². The minimum atomic E-state index is -3.86. The van der Waals surface area contributed by atoms with Crippen LogP contribution in [-0.4, -0.2) is 65.8 Å². The maximum atomic E-state index is 13.5. The van der Waals surface area contributed by atoms with Gasteiger partial charge < -0.3 is 9.47 Å². The van der Waals surface area contributed by atoms with Crippen molar-refractivity contribution in [1.82, 2.24) is 8.61 Å². The van der Waals surface area contributed by atoms with E-state index in [0.29, 0.717) is 6.42 Å². The van der Waals surface area contributed by atoms with Gasteiger partial charge in [0.15, 0.2) is 0 Å². The Bertz CT molecular complexity index is 1160. The van der Waals surface area contributed by atoms with Gasteiger partial charge in [-0.05, 0) is 80.6 Å². The molecular weight excluding hydrogens is 464 g/mol. The third-order valence-corrected chi connectivity index (χ3v) is 10.0. The monoisotopic (exact) mass is 496 g/mol. The number of hydrogen-bond acceptors (Lipinski definition) is 6. The van der Waals surface area contributed by atoms with E-state index in [1.807, 2.05) is 27.7 Å². The summed E-state index contributed by atoms with van der Waals surface area (Å²) in [5.74, 6) is 0.568. The predicted molar refractivity (Wildman–Crippen MR) is 127 cm³/mol. The largest absolute Gasteiger partial charge is 0.495 e. The van der Waals surface area contributed by atoms with Crippen molar-refractivity contribution in [2.75, 3.05) is 40.4 Å². The third kappa shape index (κ3) is 4.89. The lowest BCUT2D eigenvalue weighted by Gasteiger charge is -2.23. The molecule has 2 aromatic rings. The normalized spacial score (nSPS) is 16.4. The van der Waals surface area contributed by atoms with Gasteiger partial charge in [0.25, 0.3) is 0 Å². The van der Waals surface area contributed by atoms with Crippen LogP contribution < -0.4 is 9.47 Å². The van der Waals surface area contributed by atoms with Crippen LogP contribution in [0.3, 0.4) is 0 Å². The van der Waals surface area contributed by atoms with Crippen LogP contribution in [0.4, 0.5) is 0 Å². The lowest BCUT2D eigenvalue weighted by atomic mass is 10.1. The summed E-state index contributed by atoms with van der Waals surface area (Å²) in [6, 6.07) is 6.65. The smallest absolute Gasteiger partial charge is 0.246 e. The molecule has 0 amide bonds. The maximum absolute atomic E-state index is 13.5. The van der Waals surface area contributed by atoms with Crippen molar-refractivity contribution < 1.29 is 26.3 Å². The minimum Gasteiger partial charge on any atom is -0.495 e.